The van der Waals surface area contributed by atoms with Gasteiger partial charge >= 0.3 is 0 Å². The lowest BCUT2D eigenvalue weighted by Gasteiger charge is -2.51. The van der Waals surface area contributed by atoms with Crippen LogP contribution < -0.4 is 39.3 Å². The fourth-order valence-corrected chi connectivity index (χ4v) is 6.25. The Hall–Kier alpha value is -1.13. The Morgan fingerprint density at radius 1 is 0.976 bits per heavy atom. The van der Waals surface area contributed by atoms with Crippen LogP contribution in [-0.2, 0) is 19.0 Å². The van der Waals surface area contributed by atoms with Crippen molar-refractivity contribution in [3.05, 3.63) is 0 Å². The summed E-state index contributed by atoms with van der Waals surface area (Å²) in [5, 5.41) is 69.3. The third-order valence-corrected chi connectivity index (χ3v) is 9.05. The third-order valence-electron chi connectivity index (χ3n) is 9.05. The van der Waals surface area contributed by atoms with E-state index in [0.717, 1.165) is 6.42 Å². The molecule has 4 rings (SSSR count). The number of carbonyl (C=O) groups excluding carboxylic acids is 1. The molecular formula is C25H49N7O10. The van der Waals surface area contributed by atoms with Gasteiger partial charge in [-0.05, 0) is 32.4 Å². The Labute approximate surface area is 244 Å². The van der Waals surface area contributed by atoms with Crippen molar-refractivity contribution in [2.45, 2.75) is 117 Å². The smallest absolute Gasteiger partial charge is 0.253 e. The Bertz CT molecular complexity index is 910. The minimum atomic E-state index is -1.78. The monoisotopic (exact) mass is 607 g/mol. The number of carbonyl (C=O) groups is 1. The van der Waals surface area contributed by atoms with Crippen LogP contribution in [0.1, 0.15) is 25.7 Å². The molecule has 0 aromatic carbocycles. The zero-order valence-electron chi connectivity index (χ0n) is 23.5. The zero-order valence-corrected chi connectivity index (χ0v) is 23.5. The van der Waals surface area contributed by atoms with Crippen LogP contribution in [0.15, 0.2) is 0 Å². The number of rotatable bonds is 11. The summed E-state index contributed by atoms with van der Waals surface area (Å²) in [6.07, 6.45) is -9.73. The van der Waals surface area contributed by atoms with Gasteiger partial charge in [-0.3, -0.25) is 4.79 Å². The maximum absolute atomic E-state index is 12.9. The maximum Gasteiger partial charge on any atom is 0.253 e. The predicted octanol–water partition coefficient (Wildman–Crippen LogP) is -7.42. The van der Waals surface area contributed by atoms with Crippen molar-refractivity contribution in [3.63, 3.8) is 0 Å². The number of hydrogen-bond acceptors (Lipinski definition) is 16. The molecule has 16 atom stereocenters. The Morgan fingerprint density at radius 3 is 2.29 bits per heavy atom. The van der Waals surface area contributed by atoms with Crippen LogP contribution in [0.4, 0.5) is 0 Å². The highest BCUT2D eigenvalue weighted by molar-refractivity contribution is 5.89. The number of nitrogens with one attached hydrogen (secondary N) is 2. The number of hydrogen-bond donors (Lipinski definition) is 13. The summed E-state index contributed by atoms with van der Waals surface area (Å²) in [6, 6.07) is -4.48. The summed E-state index contributed by atoms with van der Waals surface area (Å²) in [7, 11) is 0. The molecule has 4 fully saturated rings. The zero-order chi connectivity index (χ0) is 30.9. The van der Waals surface area contributed by atoms with Gasteiger partial charge in [-0.1, -0.05) is 0 Å². The van der Waals surface area contributed by atoms with Crippen LogP contribution in [-0.4, -0.2) is 154 Å². The average molecular weight is 608 g/mol. The van der Waals surface area contributed by atoms with Crippen LogP contribution in [0.5, 0.6) is 0 Å². The second kappa shape index (κ2) is 13.9. The van der Waals surface area contributed by atoms with E-state index < -0.39 is 109 Å². The van der Waals surface area contributed by atoms with Gasteiger partial charge in [0.05, 0.1) is 43.1 Å². The van der Waals surface area contributed by atoms with Crippen molar-refractivity contribution < 1.29 is 49.6 Å². The first-order valence-corrected chi connectivity index (χ1v) is 14.6. The molecule has 2 aliphatic carbocycles. The van der Waals surface area contributed by atoms with Crippen LogP contribution in [0.2, 0.25) is 0 Å². The summed E-state index contributed by atoms with van der Waals surface area (Å²) in [6.45, 7) is 0.808. The third kappa shape index (κ3) is 6.90. The van der Waals surface area contributed by atoms with Gasteiger partial charge in [0.15, 0.2) is 11.9 Å². The van der Waals surface area contributed by atoms with Crippen LogP contribution in [0.3, 0.4) is 0 Å². The number of aliphatic hydroxyl groups is 6. The Balaban J connectivity index is 1.56. The molecule has 244 valence electrons. The van der Waals surface area contributed by atoms with Crippen molar-refractivity contribution >= 4 is 5.91 Å². The van der Waals surface area contributed by atoms with E-state index in [2.05, 4.69) is 10.6 Å². The molecule has 2 heterocycles. The first-order chi connectivity index (χ1) is 19.8. The highest BCUT2D eigenvalue weighted by atomic mass is 16.7. The number of amides is 1. The molecule has 18 N–H and O–H groups in total. The normalized spacial score (nSPS) is 49.5. The standard InChI is InChI=1S/C25H49N7O10/c26-2-1-3-31-7-13-12(34)5-10(28)21(40-13)16-9(27)4-11(32-24(38)25(39)6-15(25)29)22(19(16)36)42-23-20(37)17(30)18(35)14(8-33)41-23/h9-23,31,33-37,39H,1-8,26-30H2,(H,32,38). The van der Waals surface area contributed by atoms with E-state index in [1.54, 1.807) is 0 Å². The SMILES string of the molecule is NCCCNCC1OC(C2C(N)CC(NC(=O)C3(O)CC3N)C(OC3OC(CO)C(O)C(N)C3O)C2O)C(N)CC1O. The quantitative estimate of drug-likeness (QED) is 0.0970. The summed E-state index contributed by atoms with van der Waals surface area (Å²) in [4.78, 5) is 12.9. The first-order valence-electron chi connectivity index (χ1n) is 14.6. The van der Waals surface area contributed by atoms with E-state index in [9.17, 15) is 35.4 Å². The topological polar surface area (TPSA) is 320 Å². The van der Waals surface area contributed by atoms with E-state index in [4.69, 9.17) is 42.9 Å². The second-order valence-corrected chi connectivity index (χ2v) is 12.1. The lowest BCUT2D eigenvalue weighted by Crippen LogP contribution is -2.70. The second-order valence-electron chi connectivity index (χ2n) is 12.1. The van der Waals surface area contributed by atoms with Gasteiger partial charge in [-0.2, -0.15) is 0 Å². The highest BCUT2D eigenvalue weighted by Crippen LogP contribution is 2.38. The Morgan fingerprint density at radius 2 is 1.67 bits per heavy atom. The molecule has 0 aromatic rings. The number of ether oxygens (including phenoxy) is 3. The summed E-state index contributed by atoms with van der Waals surface area (Å²) in [5.41, 5.74) is 28.4. The van der Waals surface area contributed by atoms with Gasteiger partial charge in [0.1, 0.15) is 24.4 Å². The summed E-state index contributed by atoms with van der Waals surface area (Å²) >= 11 is 0. The first kappa shape index (κ1) is 33.8. The predicted molar refractivity (Wildman–Crippen MR) is 146 cm³/mol. The van der Waals surface area contributed by atoms with Crippen LogP contribution in [0, 0.1) is 5.92 Å². The van der Waals surface area contributed by atoms with Crippen LogP contribution in [0.25, 0.3) is 0 Å². The van der Waals surface area contributed by atoms with E-state index in [1.807, 2.05) is 0 Å². The highest BCUT2D eigenvalue weighted by Gasteiger charge is 2.59. The molecule has 42 heavy (non-hydrogen) atoms. The van der Waals surface area contributed by atoms with Gasteiger partial charge in [-0.25, -0.2) is 0 Å². The largest absolute Gasteiger partial charge is 0.394 e. The van der Waals surface area contributed by atoms with Crippen molar-refractivity contribution in [2.75, 3.05) is 26.2 Å². The fourth-order valence-electron chi connectivity index (χ4n) is 6.25. The van der Waals surface area contributed by atoms with Gasteiger partial charge in [0.25, 0.3) is 5.91 Å². The number of nitrogens with two attached hydrogens (primary N) is 5. The lowest BCUT2D eigenvalue weighted by molar-refractivity contribution is -0.306. The minimum Gasteiger partial charge on any atom is -0.394 e. The molecule has 2 saturated heterocycles. The molecule has 2 aliphatic heterocycles. The fraction of sp³-hybridized carbons (Fsp3) is 0.960. The molecule has 0 bridgehead atoms. The summed E-state index contributed by atoms with van der Waals surface area (Å²) in [5.74, 6) is -1.62. The minimum absolute atomic E-state index is 0.0406. The van der Waals surface area contributed by atoms with Crippen molar-refractivity contribution in [3.8, 4) is 0 Å². The van der Waals surface area contributed by atoms with Gasteiger partial charge < -0.3 is 84.2 Å². The van der Waals surface area contributed by atoms with Crippen LogP contribution >= 0.6 is 0 Å². The molecule has 0 aromatic heterocycles. The lowest BCUT2D eigenvalue weighted by atomic mass is 9.72. The molecule has 0 spiro atoms. The average Bonchev–Trinajstić information content (AvgIpc) is 3.57. The van der Waals surface area contributed by atoms with Crippen molar-refractivity contribution in [2.24, 2.45) is 34.6 Å². The van der Waals surface area contributed by atoms with Crippen molar-refractivity contribution in [1.82, 2.24) is 10.6 Å². The Kier molecular flexibility index (Phi) is 11.2. The molecule has 2 saturated carbocycles. The molecular weight excluding hydrogens is 558 g/mol. The van der Waals surface area contributed by atoms with E-state index in [0.29, 0.717) is 19.6 Å². The van der Waals surface area contributed by atoms with Gasteiger partial charge in [0, 0.05) is 37.0 Å². The van der Waals surface area contributed by atoms with E-state index in [-0.39, 0.29) is 19.3 Å². The molecule has 4 aliphatic rings. The molecule has 16 unspecified atom stereocenters. The van der Waals surface area contributed by atoms with Gasteiger partial charge in [0.2, 0.25) is 0 Å². The van der Waals surface area contributed by atoms with E-state index >= 15 is 0 Å². The van der Waals surface area contributed by atoms with Crippen molar-refractivity contribution in [1.29, 1.82) is 0 Å². The van der Waals surface area contributed by atoms with E-state index in [1.165, 1.54) is 0 Å². The van der Waals surface area contributed by atoms with Gasteiger partial charge in [-0.15, -0.1) is 0 Å². The maximum atomic E-state index is 12.9. The molecule has 0 radical (unpaired) electrons. The molecule has 17 nitrogen and oxygen atoms in total. The molecule has 1 amide bonds. The molecule has 17 heteroatoms. The number of aliphatic hydroxyl groups excluding tert-OH is 5. The summed E-state index contributed by atoms with van der Waals surface area (Å²) < 4.78 is 17.8.